The van der Waals surface area contributed by atoms with Crippen molar-refractivity contribution >= 4 is 5.91 Å². The van der Waals surface area contributed by atoms with E-state index in [1.165, 1.54) is 0 Å². The summed E-state index contributed by atoms with van der Waals surface area (Å²) in [5.41, 5.74) is 4.78. The van der Waals surface area contributed by atoms with Gasteiger partial charge in [0.25, 0.3) is 0 Å². The highest BCUT2D eigenvalue weighted by atomic mass is 16.1. The molecule has 6 heteroatoms. The van der Waals surface area contributed by atoms with Crippen molar-refractivity contribution in [2.45, 2.75) is 59.0 Å². The molecule has 0 aliphatic heterocycles. The van der Waals surface area contributed by atoms with Crippen LogP contribution in [0.5, 0.6) is 0 Å². The lowest BCUT2D eigenvalue weighted by atomic mass is 9.97. The first-order chi connectivity index (χ1) is 8.96. The largest absolute Gasteiger partial charge is 0.368 e. The summed E-state index contributed by atoms with van der Waals surface area (Å²) in [6.07, 6.45) is 2.26. The fourth-order valence-electron chi connectivity index (χ4n) is 2.03. The van der Waals surface area contributed by atoms with Crippen molar-refractivity contribution in [1.82, 2.24) is 20.1 Å². The standard InChI is InChI=1S/C13H25N5O/c1-5-10-16-11(6-2)18(17-10)9-8-13(4,12(14)19)15-7-3/h15H,5-9H2,1-4H3,(H2,14,19). The zero-order valence-corrected chi connectivity index (χ0v) is 12.4. The van der Waals surface area contributed by atoms with Crippen molar-refractivity contribution in [3.05, 3.63) is 11.6 Å². The van der Waals surface area contributed by atoms with E-state index in [9.17, 15) is 4.79 Å². The van der Waals surface area contributed by atoms with Crippen LogP contribution in [-0.2, 0) is 24.2 Å². The van der Waals surface area contributed by atoms with Crippen LogP contribution in [-0.4, -0.2) is 32.8 Å². The minimum absolute atomic E-state index is 0.330. The van der Waals surface area contributed by atoms with Crippen LogP contribution in [0, 0.1) is 0 Å². The van der Waals surface area contributed by atoms with Crippen LogP contribution in [0.1, 0.15) is 45.8 Å². The Balaban J connectivity index is 2.79. The Kier molecular flexibility index (Phi) is 5.47. The average molecular weight is 267 g/mol. The van der Waals surface area contributed by atoms with Gasteiger partial charge in [0.05, 0.1) is 5.54 Å². The fraction of sp³-hybridized carbons (Fsp3) is 0.769. The van der Waals surface area contributed by atoms with Crippen molar-refractivity contribution in [3.63, 3.8) is 0 Å². The third-order valence-electron chi connectivity index (χ3n) is 3.36. The van der Waals surface area contributed by atoms with Crippen molar-refractivity contribution in [1.29, 1.82) is 0 Å². The molecule has 0 fully saturated rings. The van der Waals surface area contributed by atoms with E-state index in [1.54, 1.807) is 0 Å². The molecule has 0 aliphatic carbocycles. The number of nitrogens with zero attached hydrogens (tertiary/aromatic N) is 3. The van der Waals surface area contributed by atoms with Crippen molar-refractivity contribution < 1.29 is 4.79 Å². The van der Waals surface area contributed by atoms with Crippen LogP contribution < -0.4 is 11.1 Å². The van der Waals surface area contributed by atoms with E-state index >= 15 is 0 Å². The van der Waals surface area contributed by atoms with Gasteiger partial charge in [0, 0.05) is 19.4 Å². The second-order valence-electron chi connectivity index (χ2n) is 4.85. The molecular formula is C13H25N5O. The van der Waals surface area contributed by atoms with Gasteiger partial charge in [-0.15, -0.1) is 0 Å². The first-order valence-electron chi connectivity index (χ1n) is 6.94. The maximum Gasteiger partial charge on any atom is 0.237 e. The fourth-order valence-corrected chi connectivity index (χ4v) is 2.03. The molecule has 3 N–H and O–H groups in total. The Morgan fingerprint density at radius 1 is 1.37 bits per heavy atom. The van der Waals surface area contributed by atoms with Gasteiger partial charge in [-0.2, -0.15) is 5.10 Å². The van der Waals surface area contributed by atoms with E-state index in [2.05, 4.69) is 22.3 Å². The van der Waals surface area contributed by atoms with E-state index in [0.29, 0.717) is 19.5 Å². The molecule has 1 heterocycles. The minimum Gasteiger partial charge on any atom is -0.368 e. The lowest BCUT2D eigenvalue weighted by Crippen LogP contribution is -2.53. The Labute approximate surface area is 114 Å². The molecule has 0 spiro atoms. The van der Waals surface area contributed by atoms with Gasteiger partial charge in [0.15, 0.2) is 5.82 Å². The molecule has 0 bridgehead atoms. The lowest BCUT2D eigenvalue weighted by Gasteiger charge is -2.27. The van der Waals surface area contributed by atoms with Crippen LogP contribution in [0.4, 0.5) is 0 Å². The summed E-state index contributed by atoms with van der Waals surface area (Å²) in [5.74, 6) is 1.48. The number of likely N-dealkylation sites (N-methyl/N-ethyl adjacent to an activating group) is 1. The van der Waals surface area contributed by atoms with Gasteiger partial charge in [-0.3, -0.25) is 4.79 Å². The highest BCUT2D eigenvalue weighted by Crippen LogP contribution is 2.12. The molecule has 1 rings (SSSR count). The van der Waals surface area contributed by atoms with E-state index < -0.39 is 5.54 Å². The number of primary amides is 1. The van der Waals surface area contributed by atoms with Crippen LogP contribution in [0.25, 0.3) is 0 Å². The van der Waals surface area contributed by atoms with Gasteiger partial charge >= 0.3 is 0 Å². The lowest BCUT2D eigenvalue weighted by molar-refractivity contribution is -0.124. The van der Waals surface area contributed by atoms with Gasteiger partial charge in [-0.05, 0) is 19.9 Å². The predicted octanol–water partition coefficient (Wildman–Crippen LogP) is 0.647. The van der Waals surface area contributed by atoms with Gasteiger partial charge in [-0.1, -0.05) is 20.8 Å². The summed E-state index contributed by atoms with van der Waals surface area (Å²) >= 11 is 0. The van der Waals surface area contributed by atoms with Crippen LogP contribution in [0.15, 0.2) is 0 Å². The minimum atomic E-state index is -0.696. The zero-order chi connectivity index (χ0) is 14.5. The Bertz CT molecular complexity index is 429. The monoisotopic (exact) mass is 267 g/mol. The molecule has 0 radical (unpaired) electrons. The average Bonchev–Trinajstić information content (AvgIpc) is 2.79. The Morgan fingerprint density at radius 2 is 2.05 bits per heavy atom. The normalized spacial score (nSPS) is 14.3. The number of nitrogens with one attached hydrogen (secondary N) is 1. The van der Waals surface area contributed by atoms with Gasteiger partial charge in [0.2, 0.25) is 5.91 Å². The van der Waals surface area contributed by atoms with Gasteiger partial charge in [-0.25, -0.2) is 9.67 Å². The molecule has 1 aromatic rings. The predicted molar refractivity (Wildman–Crippen MR) is 74.7 cm³/mol. The smallest absolute Gasteiger partial charge is 0.237 e. The van der Waals surface area contributed by atoms with E-state index in [0.717, 1.165) is 24.5 Å². The van der Waals surface area contributed by atoms with Crippen molar-refractivity contribution in [3.8, 4) is 0 Å². The second-order valence-corrected chi connectivity index (χ2v) is 4.85. The first-order valence-corrected chi connectivity index (χ1v) is 6.94. The second kappa shape index (κ2) is 6.65. The van der Waals surface area contributed by atoms with Crippen molar-refractivity contribution in [2.24, 2.45) is 5.73 Å². The van der Waals surface area contributed by atoms with E-state index in [1.807, 2.05) is 25.5 Å². The maximum atomic E-state index is 11.6. The SMILES string of the molecule is CCNC(C)(CCn1nc(CC)nc1CC)C(N)=O. The molecule has 0 saturated carbocycles. The number of nitrogens with two attached hydrogens (primary N) is 1. The topological polar surface area (TPSA) is 85.8 Å². The number of aromatic nitrogens is 3. The van der Waals surface area contributed by atoms with E-state index in [4.69, 9.17) is 5.73 Å². The van der Waals surface area contributed by atoms with E-state index in [-0.39, 0.29) is 5.91 Å². The Hall–Kier alpha value is -1.43. The van der Waals surface area contributed by atoms with Crippen LogP contribution >= 0.6 is 0 Å². The molecule has 1 unspecified atom stereocenters. The third-order valence-corrected chi connectivity index (χ3v) is 3.36. The molecule has 0 aromatic carbocycles. The zero-order valence-electron chi connectivity index (χ0n) is 12.4. The molecule has 1 atom stereocenters. The number of hydrogen-bond acceptors (Lipinski definition) is 4. The summed E-state index contributed by atoms with van der Waals surface area (Å²) in [5, 5.41) is 7.60. The number of amides is 1. The van der Waals surface area contributed by atoms with Crippen LogP contribution in [0.2, 0.25) is 0 Å². The summed E-state index contributed by atoms with van der Waals surface area (Å²) < 4.78 is 1.89. The van der Waals surface area contributed by atoms with Crippen molar-refractivity contribution in [2.75, 3.05) is 6.54 Å². The van der Waals surface area contributed by atoms with Gasteiger partial charge < -0.3 is 11.1 Å². The number of carbonyl (C=O) groups excluding carboxylic acids is 1. The Morgan fingerprint density at radius 3 is 2.53 bits per heavy atom. The summed E-state index contributed by atoms with van der Waals surface area (Å²) in [6.45, 7) is 9.23. The summed E-state index contributed by atoms with van der Waals surface area (Å²) in [7, 11) is 0. The van der Waals surface area contributed by atoms with Crippen LogP contribution in [0.3, 0.4) is 0 Å². The molecule has 108 valence electrons. The molecule has 19 heavy (non-hydrogen) atoms. The van der Waals surface area contributed by atoms with Gasteiger partial charge in [0.1, 0.15) is 5.82 Å². The summed E-state index contributed by atoms with van der Waals surface area (Å²) in [6, 6.07) is 0. The number of hydrogen-bond donors (Lipinski definition) is 2. The highest BCUT2D eigenvalue weighted by molar-refractivity contribution is 5.84. The quantitative estimate of drug-likeness (QED) is 0.724. The third kappa shape index (κ3) is 3.76. The maximum absolute atomic E-state index is 11.6. The number of carbonyl (C=O) groups is 1. The molecule has 6 nitrogen and oxygen atoms in total. The number of rotatable bonds is 8. The molecule has 1 amide bonds. The molecule has 0 saturated heterocycles. The molecule has 0 aliphatic rings. The molecule has 1 aromatic heterocycles. The number of aryl methyl sites for hydroxylation is 3. The summed E-state index contributed by atoms with van der Waals surface area (Å²) in [4.78, 5) is 16.0. The first kappa shape index (κ1) is 15.6. The highest BCUT2D eigenvalue weighted by Gasteiger charge is 2.29. The molecular weight excluding hydrogens is 242 g/mol.